The maximum Gasteiger partial charge on any atom is 0.195 e. The summed E-state index contributed by atoms with van der Waals surface area (Å²) in [6.07, 6.45) is 4.53. The van der Waals surface area contributed by atoms with Crippen molar-refractivity contribution in [3.8, 4) is 0 Å². The summed E-state index contributed by atoms with van der Waals surface area (Å²) in [6, 6.07) is 0. The minimum Gasteiger partial charge on any atom is -0.370 e. The van der Waals surface area contributed by atoms with E-state index in [4.69, 9.17) is 11.5 Å². The molecule has 0 bridgehead atoms. The Morgan fingerprint density at radius 1 is 1.27 bits per heavy atom. The third kappa shape index (κ3) is 2.77. The number of rotatable bonds is 0. The Bertz CT molecular complexity index is 296. The lowest BCUT2D eigenvalue weighted by atomic mass is 9.87. The second-order valence-corrected chi connectivity index (χ2v) is 3.93. The zero-order valence-electron chi connectivity index (χ0n) is 8.75. The van der Waals surface area contributed by atoms with Crippen molar-refractivity contribution in [2.24, 2.45) is 16.5 Å². The summed E-state index contributed by atoms with van der Waals surface area (Å²) in [4.78, 5) is 4.20. The SMILES string of the molecule is CC1(N)N=C(N)NC2=C1CCCC2.Cl.Cl. The summed E-state index contributed by atoms with van der Waals surface area (Å²) in [5, 5.41) is 3.10. The van der Waals surface area contributed by atoms with Gasteiger partial charge in [-0.05, 0) is 38.2 Å². The van der Waals surface area contributed by atoms with Crippen LogP contribution in [0.3, 0.4) is 0 Å². The largest absolute Gasteiger partial charge is 0.370 e. The van der Waals surface area contributed by atoms with Crippen molar-refractivity contribution >= 4 is 30.8 Å². The first-order valence-corrected chi connectivity index (χ1v) is 4.73. The van der Waals surface area contributed by atoms with Crippen LogP contribution in [0.2, 0.25) is 0 Å². The lowest BCUT2D eigenvalue weighted by Gasteiger charge is -2.34. The highest BCUT2D eigenvalue weighted by atomic mass is 35.5. The molecule has 2 rings (SSSR count). The van der Waals surface area contributed by atoms with Crippen molar-refractivity contribution in [2.45, 2.75) is 38.3 Å². The van der Waals surface area contributed by atoms with Gasteiger partial charge in [0.05, 0.1) is 0 Å². The molecule has 0 aromatic heterocycles. The Morgan fingerprint density at radius 3 is 2.53 bits per heavy atom. The molecule has 0 spiro atoms. The Morgan fingerprint density at radius 2 is 1.87 bits per heavy atom. The van der Waals surface area contributed by atoms with E-state index >= 15 is 0 Å². The van der Waals surface area contributed by atoms with Gasteiger partial charge in [-0.2, -0.15) is 0 Å². The van der Waals surface area contributed by atoms with Gasteiger partial charge in [0.25, 0.3) is 0 Å². The molecule has 1 unspecified atom stereocenters. The van der Waals surface area contributed by atoms with Crippen molar-refractivity contribution in [1.82, 2.24) is 5.32 Å². The Hall–Kier alpha value is -0.450. The maximum absolute atomic E-state index is 6.06. The molecule has 5 N–H and O–H groups in total. The van der Waals surface area contributed by atoms with Gasteiger partial charge in [-0.3, -0.25) is 0 Å². The van der Waals surface area contributed by atoms with E-state index in [0.717, 1.165) is 12.8 Å². The predicted octanol–water partition coefficient (Wildman–Crippen LogP) is 1.25. The van der Waals surface area contributed by atoms with E-state index < -0.39 is 5.66 Å². The molecule has 1 aliphatic heterocycles. The van der Waals surface area contributed by atoms with Gasteiger partial charge < -0.3 is 16.8 Å². The highest BCUT2D eigenvalue weighted by molar-refractivity contribution is 5.85. The molecular formula is C9H18Cl2N4. The molecule has 0 aromatic rings. The zero-order valence-corrected chi connectivity index (χ0v) is 10.4. The summed E-state index contributed by atoms with van der Waals surface area (Å²) < 4.78 is 0. The lowest BCUT2D eigenvalue weighted by molar-refractivity contribution is 0.487. The van der Waals surface area contributed by atoms with E-state index in [-0.39, 0.29) is 24.8 Å². The fraction of sp³-hybridized carbons (Fsp3) is 0.667. The van der Waals surface area contributed by atoms with E-state index in [0.29, 0.717) is 5.96 Å². The number of halogens is 2. The number of nitrogens with two attached hydrogens (primary N) is 2. The minimum absolute atomic E-state index is 0. The predicted molar refractivity (Wildman–Crippen MR) is 67.3 cm³/mol. The molecule has 15 heavy (non-hydrogen) atoms. The van der Waals surface area contributed by atoms with Crippen LogP contribution in [-0.2, 0) is 0 Å². The fourth-order valence-corrected chi connectivity index (χ4v) is 2.10. The third-order valence-corrected chi connectivity index (χ3v) is 2.71. The molecule has 1 atom stereocenters. The molecule has 1 heterocycles. The first-order valence-electron chi connectivity index (χ1n) is 4.73. The van der Waals surface area contributed by atoms with Crippen molar-refractivity contribution in [3.63, 3.8) is 0 Å². The quantitative estimate of drug-likeness (QED) is 0.608. The van der Waals surface area contributed by atoms with Crippen LogP contribution < -0.4 is 16.8 Å². The van der Waals surface area contributed by atoms with Crippen LogP contribution in [-0.4, -0.2) is 11.6 Å². The van der Waals surface area contributed by atoms with Crippen molar-refractivity contribution < 1.29 is 0 Å². The Labute approximate surface area is 102 Å². The number of allylic oxidation sites excluding steroid dienone is 1. The molecule has 0 saturated carbocycles. The van der Waals surface area contributed by atoms with Gasteiger partial charge in [0.15, 0.2) is 5.96 Å². The Balaban J connectivity index is 0.000000980. The molecule has 0 saturated heterocycles. The van der Waals surface area contributed by atoms with Crippen LogP contribution in [0, 0.1) is 0 Å². The van der Waals surface area contributed by atoms with Crippen LogP contribution in [0.5, 0.6) is 0 Å². The first kappa shape index (κ1) is 14.6. The average Bonchev–Trinajstić information content (AvgIpc) is 2.02. The minimum atomic E-state index is -0.578. The van der Waals surface area contributed by atoms with Crippen LogP contribution >= 0.6 is 24.8 Å². The molecule has 4 nitrogen and oxygen atoms in total. The van der Waals surface area contributed by atoms with Crippen LogP contribution in [0.25, 0.3) is 0 Å². The average molecular weight is 253 g/mol. The molecule has 0 fully saturated rings. The van der Waals surface area contributed by atoms with Crippen LogP contribution in [0.4, 0.5) is 0 Å². The molecule has 88 valence electrons. The summed E-state index contributed by atoms with van der Waals surface area (Å²) >= 11 is 0. The number of hydrogen-bond acceptors (Lipinski definition) is 4. The third-order valence-electron chi connectivity index (χ3n) is 2.71. The van der Waals surface area contributed by atoms with E-state index in [1.807, 2.05) is 6.92 Å². The molecule has 0 aromatic carbocycles. The standard InChI is InChI=1S/C9H16N4.2ClH/c1-9(11)6-4-2-3-5-7(6)12-8(10)13-9;;/h2-5,11H2,1H3,(H3,10,12,13);2*1H. The van der Waals surface area contributed by atoms with E-state index in [1.165, 1.54) is 24.1 Å². The topological polar surface area (TPSA) is 76.4 Å². The highest BCUT2D eigenvalue weighted by Gasteiger charge is 2.31. The van der Waals surface area contributed by atoms with Crippen molar-refractivity contribution in [2.75, 3.05) is 0 Å². The van der Waals surface area contributed by atoms with E-state index in [1.54, 1.807) is 0 Å². The lowest BCUT2D eigenvalue weighted by Crippen LogP contribution is -2.48. The van der Waals surface area contributed by atoms with Gasteiger partial charge >= 0.3 is 0 Å². The molecule has 2 aliphatic rings. The summed E-state index contributed by atoms with van der Waals surface area (Å²) in [6.45, 7) is 1.92. The van der Waals surface area contributed by atoms with Crippen LogP contribution in [0.15, 0.2) is 16.3 Å². The van der Waals surface area contributed by atoms with Crippen molar-refractivity contribution in [3.05, 3.63) is 11.3 Å². The molecular weight excluding hydrogens is 235 g/mol. The first-order chi connectivity index (χ1) is 6.09. The monoisotopic (exact) mass is 252 g/mol. The second-order valence-electron chi connectivity index (χ2n) is 3.93. The fourth-order valence-electron chi connectivity index (χ4n) is 2.10. The van der Waals surface area contributed by atoms with Gasteiger partial charge in [-0.25, -0.2) is 4.99 Å². The molecule has 0 radical (unpaired) electrons. The molecule has 1 aliphatic carbocycles. The number of nitrogens with one attached hydrogen (secondary N) is 1. The van der Waals surface area contributed by atoms with Crippen molar-refractivity contribution in [1.29, 1.82) is 0 Å². The highest BCUT2D eigenvalue weighted by Crippen LogP contribution is 2.32. The number of guanidine groups is 1. The Kier molecular flexibility index (Phi) is 4.90. The number of aliphatic imine (C=N–C) groups is 1. The van der Waals surface area contributed by atoms with E-state index in [9.17, 15) is 0 Å². The molecule has 6 heteroatoms. The van der Waals surface area contributed by atoms with Gasteiger partial charge in [0, 0.05) is 5.70 Å². The maximum atomic E-state index is 6.06. The van der Waals surface area contributed by atoms with Gasteiger partial charge in [0.2, 0.25) is 0 Å². The zero-order chi connectivity index (χ0) is 9.47. The van der Waals surface area contributed by atoms with E-state index in [2.05, 4.69) is 10.3 Å². The van der Waals surface area contributed by atoms with Crippen LogP contribution in [0.1, 0.15) is 32.6 Å². The molecule has 0 amide bonds. The summed E-state index contributed by atoms with van der Waals surface area (Å²) in [5.41, 5.74) is 13.5. The van der Waals surface area contributed by atoms with Gasteiger partial charge in [0.1, 0.15) is 5.66 Å². The summed E-state index contributed by atoms with van der Waals surface area (Å²) in [5.74, 6) is 0.450. The number of nitrogens with zero attached hydrogens (tertiary/aromatic N) is 1. The normalized spacial score (nSPS) is 29.1. The van der Waals surface area contributed by atoms with Gasteiger partial charge in [-0.15, -0.1) is 24.8 Å². The smallest absolute Gasteiger partial charge is 0.195 e. The number of hydrogen-bond donors (Lipinski definition) is 3. The summed E-state index contributed by atoms with van der Waals surface area (Å²) in [7, 11) is 0. The van der Waals surface area contributed by atoms with Gasteiger partial charge in [-0.1, -0.05) is 0 Å². The second kappa shape index (κ2) is 5.05.